The van der Waals surface area contributed by atoms with Gasteiger partial charge < -0.3 is 5.32 Å². The maximum atomic E-state index is 12.7. The molecule has 0 aliphatic rings. The number of amides is 1. The molecular formula is C17H13ClN8O. The van der Waals surface area contributed by atoms with Gasteiger partial charge in [0.25, 0.3) is 5.91 Å². The first kappa shape index (κ1) is 16.9. The first-order valence-electron chi connectivity index (χ1n) is 7.93. The molecule has 0 fully saturated rings. The number of carbonyl (C=O) groups excluding carboxylic acids is 1. The van der Waals surface area contributed by atoms with Crippen molar-refractivity contribution in [1.82, 2.24) is 34.7 Å². The van der Waals surface area contributed by atoms with Crippen molar-refractivity contribution in [3.63, 3.8) is 0 Å². The lowest BCUT2D eigenvalue weighted by atomic mass is 10.2. The van der Waals surface area contributed by atoms with E-state index in [1.807, 2.05) is 6.07 Å². The summed E-state index contributed by atoms with van der Waals surface area (Å²) in [4.78, 5) is 20.9. The van der Waals surface area contributed by atoms with Gasteiger partial charge in [-0.3, -0.25) is 4.79 Å². The van der Waals surface area contributed by atoms with Gasteiger partial charge in [-0.15, -0.1) is 5.10 Å². The Morgan fingerprint density at radius 1 is 1.22 bits per heavy atom. The average Bonchev–Trinajstić information content (AvgIpc) is 3.32. The third kappa shape index (κ3) is 3.27. The van der Waals surface area contributed by atoms with E-state index in [4.69, 9.17) is 11.6 Å². The monoisotopic (exact) mass is 380 g/mol. The highest BCUT2D eigenvalue weighted by molar-refractivity contribution is 6.30. The molecule has 3 heterocycles. The Bertz CT molecular complexity index is 1110. The molecule has 1 aromatic carbocycles. The normalized spacial score (nSPS) is 10.7. The van der Waals surface area contributed by atoms with E-state index in [0.717, 1.165) is 5.69 Å². The van der Waals surface area contributed by atoms with E-state index in [0.29, 0.717) is 22.2 Å². The van der Waals surface area contributed by atoms with Crippen LogP contribution in [0, 0.1) is 6.92 Å². The number of carbonyl (C=O) groups is 1. The van der Waals surface area contributed by atoms with Crippen LogP contribution in [0.25, 0.3) is 11.5 Å². The number of rotatable bonds is 4. The summed E-state index contributed by atoms with van der Waals surface area (Å²) in [7, 11) is 0. The molecule has 0 spiro atoms. The van der Waals surface area contributed by atoms with E-state index in [1.165, 1.54) is 17.3 Å². The zero-order chi connectivity index (χ0) is 18.8. The van der Waals surface area contributed by atoms with Crippen LogP contribution in [0.2, 0.25) is 5.02 Å². The van der Waals surface area contributed by atoms with E-state index < -0.39 is 5.91 Å². The molecule has 4 aromatic rings. The largest absolute Gasteiger partial charge is 0.317 e. The summed E-state index contributed by atoms with van der Waals surface area (Å²) in [6.07, 6.45) is 4.49. The van der Waals surface area contributed by atoms with Crippen molar-refractivity contribution in [3.8, 4) is 11.5 Å². The van der Waals surface area contributed by atoms with Crippen molar-refractivity contribution < 1.29 is 4.79 Å². The summed E-state index contributed by atoms with van der Waals surface area (Å²) >= 11 is 6.03. The van der Waals surface area contributed by atoms with Crippen LogP contribution in [0.15, 0.2) is 55.2 Å². The van der Waals surface area contributed by atoms with Gasteiger partial charge in [-0.05, 0) is 37.3 Å². The van der Waals surface area contributed by atoms with Crippen LogP contribution in [0.3, 0.4) is 0 Å². The van der Waals surface area contributed by atoms with Crippen molar-refractivity contribution in [2.75, 3.05) is 5.32 Å². The molecule has 27 heavy (non-hydrogen) atoms. The highest BCUT2D eigenvalue weighted by Crippen LogP contribution is 2.19. The maximum Gasteiger partial charge on any atom is 0.278 e. The standard InChI is InChI=1S/C17H13ClN8O/c1-11-15(23-24-26(11)13-5-2-4-12(18)8-13)17(27)22-14-6-3-7-20-16(14)25-10-19-9-21-25/h2-10H,1H3,(H,22,27). The molecule has 10 heteroatoms. The van der Waals surface area contributed by atoms with Crippen molar-refractivity contribution >= 4 is 23.2 Å². The van der Waals surface area contributed by atoms with Gasteiger partial charge in [0.1, 0.15) is 12.7 Å². The Balaban J connectivity index is 1.64. The van der Waals surface area contributed by atoms with Crippen LogP contribution in [0.5, 0.6) is 0 Å². The molecule has 3 aromatic heterocycles. The molecule has 9 nitrogen and oxygen atoms in total. The lowest BCUT2D eigenvalue weighted by Gasteiger charge is -2.09. The van der Waals surface area contributed by atoms with E-state index in [1.54, 1.807) is 48.1 Å². The summed E-state index contributed by atoms with van der Waals surface area (Å²) in [5.74, 6) is 0.0402. The number of pyridine rings is 1. The molecule has 0 bridgehead atoms. The van der Waals surface area contributed by atoms with Gasteiger partial charge in [0.2, 0.25) is 0 Å². The first-order chi connectivity index (χ1) is 13.1. The van der Waals surface area contributed by atoms with Crippen molar-refractivity contribution in [2.24, 2.45) is 0 Å². The van der Waals surface area contributed by atoms with E-state index in [-0.39, 0.29) is 5.69 Å². The van der Waals surface area contributed by atoms with Crippen LogP contribution in [0.4, 0.5) is 5.69 Å². The second kappa shape index (κ2) is 6.96. The van der Waals surface area contributed by atoms with E-state index in [9.17, 15) is 4.79 Å². The molecule has 4 rings (SSSR count). The number of aromatic nitrogens is 7. The molecule has 0 saturated heterocycles. The van der Waals surface area contributed by atoms with Crippen LogP contribution in [-0.4, -0.2) is 40.6 Å². The minimum Gasteiger partial charge on any atom is -0.317 e. The van der Waals surface area contributed by atoms with Gasteiger partial charge >= 0.3 is 0 Å². The van der Waals surface area contributed by atoms with E-state index >= 15 is 0 Å². The molecule has 0 atom stereocenters. The summed E-state index contributed by atoms with van der Waals surface area (Å²) in [5.41, 5.74) is 1.98. The lowest BCUT2D eigenvalue weighted by molar-refractivity contribution is 0.102. The summed E-state index contributed by atoms with van der Waals surface area (Å²) in [6.45, 7) is 1.76. The Morgan fingerprint density at radius 3 is 2.89 bits per heavy atom. The van der Waals surface area contributed by atoms with Gasteiger partial charge in [-0.25, -0.2) is 19.3 Å². The van der Waals surface area contributed by atoms with Crippen molar-refractivity contribution in [2.45, 2.75) is 6.92 Å². The summed E-state index contributed by atoms with van der Waals surface area (Å²) in [5, 5.41) is 15.5. The number of anilines is 1. The highest BCUT2D eigenvalue weighted by Gasteiger charge is 2.19. The fraction of sp³-hybridized carbons (Fsp3) is 0.0588. The highest BCUT2D eigenvalue weighted by atomic mass is 35.5. The summed E-state index contributed by atoms with van der Waals surface area (Å²) in [6, 6.07) is 10.6. The maximum absolute atomic E-state index is 12.7. The Kier molecular flexibility index (Phi) is 4.35. The molecule has 0 aliphatic heterocycles. The average molecular weight is 381 g/mol. The van der Waals surface area contributed by atoms with Crippen LogP contribution >= 0.6 is 11.6 Å². The van der Waals surface area contributed by atoms with Crippen LogP contribution in [0.1, 0.15) is 16.2 Å². The van der Waals surface area contributed by atoms with Gasteiger partial charge in [0, 0.05) is 11.2 Å². The topological polar surface area (TPSA) is 103 Å². The van der Waals surface area contributed by atoms with Crippen molar-refractivity contribution in [1.29, 1.82) is 0 Å². The van der Waals surface area contributed by atoms with Gasteiger partial charge in [-0.2, -0.15) is 5.10 Å². The third-order valence-corrected chi connectivity index (χ3v) is 4.07. The number of hydrogen-bond acceptors (Lipinski definition) is 6. The molecule has 134 valence electrons. The van der Waals surface area contributed by atoms with Crippen molar-refractivity contribution in [3.05, 3.63) is 71.7 Å². The Morgan fingerprint density at radius 2 is 2.11 bits per heavy atom. The number of hydrogen-bond donors (Lipinski definition) is 1. The van der Waals surface area contributed by atoms with Gasteiger partial charge in [0.15, 0.2) is 11.5 Å². The van der Waals surface area contributed by atoms with E-state index in [2.05, 4.69) is 30.7 Å². The molecule has 0 radical (unpaired) electrons. The lowest BCUT2D eigenvalue weighted by Crippen LogP contribution is -2.16. The second-order valence-corrected chi connectivity index (χ2v) is 6.02. The second-order valence-electron chi connectivity index (χ2n) is 5.58. The number of nitrogens with one attached hydrogen (secondary N) is 1. The molecule has 1 amide bonds. The SMILES string of the molecule is Cc1c(C(=O)Nc2cccnc2-n2cncn2)nnn1-c1cccc(Cl)c1. The first-order valence-corrected chi connectivity index (χ1v) is 8.31. The van der Waals surface area contributed by atoms with Crippen LogP contribution in [-0.2, 0) is 0 Å². The number of nitrogens with zero attached hydrogens (tertiary/aromatic N) is 7. The van der Waals surface area contributed by atoms with Gasteiger partial charge in [-0.1, -0.05) is 22.9 Å². The zero-order valence-corrected chi connectivity index (χ0v) is 14.9. The predicted molar refractivity (Wildman–Crippen MR) is 98.2 cm³/mol. The predicted octanol–water partition coefficient (Wildman–Crippen LogP) is 2.46. The molecule has 1 N–H and O–H groups in total. The third-order valence-electron chi connectivity index (χ3n) is 3.83. The number of halogens is 1. The minimum absolute atomic E-state index is 0.198. The minimum atomic E-state index is -0.407. The Hall–Kier alpha value is -3.59. The molecule has 0 aliphatic carbocycles. The van der Waals surface area contributed by atoms with Gasteiger partial charge in [0.05, 0.1) is 17.1 Å². The quantitative estimate of drug-likeness (QED) is 0.583. The fourth-order valence-electron chi connectivity index (χ4n) is 2.57. The molecular weight excluding hydrogens is 368 g/mol. The van der Waals surface area contributed by atoms with Crippen LogP contribution < -0.4 is 5.32 Å². The molecule has 0 saturated carbocycles. The fourth-order valence-corrected chi connectivity index (χ4v) is 2.75. The summed E-state index contributed by atoms with van der Waals surface area (Å²) < 4.78 is 3.02. The number of benzene rings is 1. The Labute approximate surface area is 158 Å². The zero-order valence-electron chi connectivity index (χ0n) is 14.1. The smallest absolute Gasteiger partial charge is 0.278 e. The molecule has 0 unspecified atom stereocenters.